The summed E-state index contributed by atoms with van der Waals surface area (Å²) in [6.45, 7) is 12.2. The molecule has 2 nitrogen and oxygen atoms in total. The lowest BCUT2D eigenvalue weighted by Gasteiger charge is -2.62. The molecular formula is C28H45NO. The lowest BCUT2D eigenvalue weighted by Crippen LogP contribution is -2.60. The monoisotopic (exact) mass is 411 g/mol. The molecule has 0 saturated heterocycles. The van der Waals surface area contributed by atoms with Crippen LogP contribution >= 0.6 is 0 Å². The first-order valence-electron chi connectivity index (χ1n) is 13.0. The highest BCUT2D eigenvalue weighted by molar-refractivity contribution is 5.32. The molecule has 3 fully saturated rings. The van der Waals surface area contributed by atoms with Crippen LogP contribution in [0, 0.1) is 57.7 Å². The van der Waals surface area contributed by atoms with Gasteiger partial charge in [0, 0.05) is 11.0 Å². The second kappa shape index (κ2) is 7.95. The van der Waals surface area contributed by atoms with Gasteiger partial charge in [-0.15, -0.1) is 0 Å². The normalized spacial score (nSPS) is 46.4. The van der Waals surface area contributed by atoms with Gasteiger partial charge in [-0.1, -0.05) is 53.9 Å². The van der Waals surface area contributed by atoms with Crippen molar-refractivity contribution in [2.24, 2.45) is 46.3 Å². The molecule has 3 saturated carbocycles. The lowest BCUT2D eigenvalue weighted by molar-refractivity contribution is -0.171. The number of hydrogen-bond donors (Lipinski definition) is 1. The maximum Gasteiger partial charge on any atom is 0.0944 e. The van der Waals surface area contributed by atoms with Crippen molar-refractivity contribution in [3.05, 3.63) is 11.6 Å². The molecule has 0 radical (unpaired) electrons. The van der Waals surface area contributed by atoms with Gasteiger partial charge in [0.1, 0.15) is 0 Å². The van der Waals surface area contributed by atoms with Crippen LogP contribution in [0.2, 0.25) is 0 Å². The summed E-state index contributed by atoms with van der Waals surface area (Å²) in [5.41, 5.74) is 0.517. The summed E-state index contributed by atoms with van der Waals surface area (Å²) in [5.74, 6) is 4.81. The summed E-state index contributed by atoms with van der Waals surface area (Å²) in [7, 11) is 0. The zero-order valence-electron chi connectivity index (χ0n) is 20.2. The predicted molar refractivity (Wildman–Crippen MR) is 124 cm³/mol. The average Bonchev–Trinajstić information content (AvgIpc) is 3.05. The van der Waals surface area contributed by atoms with Gasteiger partial charge in [0.2, 0.25) is 0 Å². The molecular weight excluding hydrogens is 366 g/mol. The Labute approximate surface area is 185 Å². The molecule has 0 aromatic rings. The quantitative estimate of drug-likeness (QED) is 0.516. The Morgan fingerprint density at radius 1 is 1.03 bits per heavy atom. The number of nitrogens with zero attached hydrogens (tertiary/aromatic N) is 1. The van der Waals surface area contributed by atoms with Gasteiger partial charge in [-0.3, -0.25) is 0 Å². The van der Waals surface area contributed by atoms with E-state index in [1.54, 1.807) is 0 Å². The van der Waals surface area contributed by atoms with E-state index in [-0.39, 0.29) is 5.41 Å². The summed E-state index contributed by atoms with van der Waals surface area (Å²) in [6.07, 6.45) is 15.4. The summed E-state index contributed by atoms with van der Waals surface area (Å²) < 4.78 is 0. The molecule has 168 valence electrons. The van der Waals surface area contributed by atoms with Crippen molar-refractivity contribution >= 4 is 0 Å². The number of hydrogen-bond acceptors (Lipinski definition) is 2. The minimum absolute atomic E-state index is 0.0431. The Balaban J connectivity index is 1.52. The van der Waals surface area contributed by atoms with Crippen molar-refractivity contribution in [2.45, 2.75) is 111 Å². The Hall–Kier alpha value is -0.810. The van der Waals surface area contributed by atoms with E-state index in [1.165, 1.54) is 44.9 Å². The van der Waals surface area contributed by atoms with Crippen molar-refractivity contribution in [3.63, 3.8) is 0 Å². The van der Waals surface area contributed by atoms with Crippen molar-refractivity contribution in [3.8, 4) is 6.07 Å². The Morgan fingerprint density at radius 3 is 2.50 bits per heavy atom. The van der Waals surface area contributed by atoms with Gasteiger partial charge in [0.15, 0.2) is 0 Å². The molecule has 0 unspecified atom stereocenters. The van der Waals surface area contributed by atoms with Crippen molar-refractivity contribution in [1.29, 1.82) is 5.26 Å². The van der Waals surface area contributed by atoms with Crippen molar-refractivity contribution < 1.29 is 5.11 Å². The van der Waals surface area contributed by atoms with Crippen LogP contribution in [0.3, 0.4) is 0 Å². The number of nitriles is 1. The molecule has 0 amide bonds. The molecule has 0 bridgehead atoms. The minimum atomic E-state index is -0.757. The summed E-state index contributed by atoms with van der Waals surface area (Å²) in [4.78, 5) is 0. The zero-order valence-corrected chi connectivity index (χ0v) is 20.2. The van der Waals surface area contributed by atoms with Gasteiger partial charge >= 0.3 is 0 Å². The molecule has 1 N–H and O–H groups in total. The summed E-state index contributed by atoms with van der Waals surface area (Å²) in [5, 5.41) is 21.1. The average molecular weight is 412 g/mol. The van der Waals surface area contributed by atoms with E-state index in [0.29, 0.717) is 11.3 Å². The van der Waals surface area contributed by atoms with Crippen molar-refractivity contribution in [1.82, 2.24) is 0 Å². The lowest BCUT2D eigenvalue weighted by atomic mass is 9.43. The summed E-state index contributed by atoms with van der Waals surface area (Å²) >= 11 is 0. The van der Waals surface area contributed by atoms with Gasteiger partial charge in [-0.05, 0) is 98.4 Å². The van der Waals surface area contributed by atoms with Crippen LogP contribution in [-0.4, -0.2) is 10.7 Å². The van der Waals surface area contributed by atoms with Crippen LogP contribution in [0.25, 0.3) is 0 Å². The summed E-state index contributed by atoms with van der Waals surface area (Å²) in [6, 6.07) is 2.34. The zero-order chi connectivity index (χ0) is 21.7. The molecule has 30 heavy (non-hydrogen) atoms. The standard InChI is InChI=1S/C28H45NO/c1-19(2)7-6-8-20(3)23-9-10-24-22-12-16-28(30)17-21(18-29)11-15-27(28,5)25(22)13-14-26(23,24)4/h17,19-20,22-25,30H,6-16H2,1-5H3/t20-,22+,23-,24+,25+,26-,27-,28-/m1/s1. The van der Waals surface area contributed by atoms with Gasteiger partial charge in [0.25, 0.3) is 0 Å². The van der Waals surface area contributed by atoms with Gasteiger partial charge in [-0.2, -0.15) is 5.26 Å². The van der Waals surface area contributed by atoms with Gasteiger partial charge in [-0.25, -0.2) is 0 Å². The molecule has 8 atom stereocenters. The predicted octanol–water partition coefficient (Wildman–Crippen LogP) is 7.28. The third-order valence-corrected chi connectivity index (χ3v) is 10.8. The fraction of sp³-hybridized carbons (Fsp3) is 0.893. The molecule has 0 spiro atoms. The van der Waals surface area contributed by atoms with E-state index >= 15 is 0 Å². The highest BCUT2D eigenvalue weighted by Gasteiger charge is 2.63. The van der Waals surface area contributed by atoms with Crippen LogP contribution < -0.4 is 0 Å². The topological polar surface area (TPSA) is 44.0 Å². The number of fused-ring (bicyclic) bond motifs is 5. The van der Waals surface area contributed by atoms with Gasteiger partial charge in [0.05, 0.1) is 11.7 Å². The van der Waals surface area contributed by atoms with E-state index < -0.39 is 5.60 Å². The second-order valence-electron chi connectivity index (χ2n) is 12.6. The number of aliphatic hydroxyl groups is 1. The first-order valence-corrected chi connectivity index (χ1v) is 13.0. The molecule has 4 rings (SSSR count). The van der Waals surface area contributed by atoms with Crippen LogP contribution in [-0.2, 0) is 0 Å². The third kappa shape index (κ3) is 3.39. The molecule has 0 aliphatic heterocycles. The maximum atomic E-state index is 11.7. The molecule has 0 heterocycles. The molecule has 0 aromatic carbocycles. The van der Waals surface area contributed by atoms with E-state index in [4.69, 9.17) is 0 Å². The maximum absolute atomic E-state index is 11.7. The van der Waals surface area contributed by atoms with Crippen LogP contribution in [0.15, 0.2) is 11.6 Å². The fourth-order valence-corrected chi connectivity index (χ4v) is 8.98. The van der Waals surface area contributed by atoms with Gasteiger partial charge < -0.3 is 5.11 Å². The van der Waals surface area contributed by atoms with E-state index in [1.807, 2.05) is 6.08 Å². The highest BCUT2D eigenvalue weighted by Crippen LogP contribution is 2.68. The second-order valence-corrected chi connectivity index (χ2v) is 12.6. The molecule has 4 aliphatic carbocycles. The Morgan fingerprint density at radius 2 is 1.80 bits per heavy atom. The molecule has 4 aliphatic rings. The highest BCUT2D eigenvalue weighted by atomic mass is 16.3. The molecule has 2 heteroatoms. The van der Waals surface area contributed by atoms with E-state index in [2.05, 4.69) is 40.7 Å². The Bertz CT molecular complexity index is 719. The smallest absolute Gasteiger partial charge is 0.0944 e. The van der Waals surface area contributed by atoms with Crippen LogP contribution in [0.4, 0.5) is 0 Å². The van der Waals surface area contributed by atoms with Crippen LogP contribution in [0.5, 0.6) is 0 Å². The third-order valence-electron chi connectivity index (χ3n) is 10.8. The fourth-order valence-electron chi connectivity index (χ4n) is 8.98. The first-order chi connectivity index (χ1) is 14.1. The number of rotatable bonds is 5. The van der Waals surface area contributed by atoms with E-state index in [0.717, 1.165) is 60.8 Å². The molecule has 0 aromatic heterocycles. The first kappa shape index (κ1) is 22.4. The van der Waals surface area contributed by atoms with Crippen LogP contribution in [0.1, 0.15) is 105 Å². The van der Waals surface area contributed by atoms with E-state index in [9.17, 15) is 10.4 Å². The SMILES string of the molecule is CC(C)CCC[C@@H](C)[C@H]1CC[C@H]2[C@@H]3CC[C@@]4(O)C=C(C#N)CC[C@]4(C)[C@H]3CC[C@]12C. The number of allylic oxidation sites excluding steroid dienone is 1. The van der Waals surface area contributed by atoms with Crippen molar-refractivity contribution in [2.75, 3.05) is 0 Å². The largest absolute Gasteiger partial charge is 0.385 e. The minimum Gasteiger partial charge on any atom is -0.385 e. The Kier molecular flexibility index (Phi) is 5.93.